The van der Waals surface area contributed by atoms with Crippen molar-refractivity contribution in [2.45, 2.75) is 36.3 Å². The first-order valence-corrected chi connectivity index (χ1v) is 5.64. The molecule has 1 aromatic rings. The van der Waals surface area contributed by atoms with E-state index in [1.165, 1.54) is 11.8 Å². The number of oxazole rings is 1. The van der Waals surface area contributed by atoms with Crippen molar-refractivity contribution in [3.05, 3.63) is 12.5 Å². The quantitative estimate of drug-likeness (QED) is 0.777. The Hall–Kier alpha value is -0.990. The van der Waals surface area contributed by atoms with Crippen LogP contribution in [-0.4, -0.2) is 22.8 Å². The lowest BCUT2D eigenvalue weighted by Crippen LogP contribution is -2.40. The third kappa shape index (κ3) is 3.57. The Kier molecular flexibility index (Phi) is 4.18. The van der Waals surface area contributed by atoms with Gasteiger partial charge in [-0.1, -0.05) is 18.7 Å². The van der Waals surface area contributed by atoms with Crippen molar-refractivity contribution in [1.82, 2.24) is 10.3 Å². The maximum Gasteiger partial charge on any atom is 0.255 e. The highest BCUT2D eigenvalue weighted by Crippen LogP contribution is 2.26. The van der Waals surface area contributed by atoms with Crippen LogP contribution in [0.15, 0.2) is 22.1 Å². The first-order valence-electron chi connectivity index (χ1n) is 4.76. The Labute approximate surface area is 94.1 Å². The van der Waals surface area contributed by atoms with Crippen LogP contribution in [0.4, 0.5) is 0 Å². The van der Waals surface area contributed by atoms with Gasteiger partial charge in [-0.3, -0.25) is 0 Å². The molecule has 1 aromatic heterocycles. The summed E-state index contributed by atoms with van der Waals surface area (Å²) in [5.41, 5.74) is -0.487. The van der Waals surface area contributed by atoms with Crippen LogP contribution in [-0.2, 0) is 0 Å². The van der Waals surface area contributed by atoms with Crippen molar-refractivity contribution < 1.29 is 4.42 Å². The summed E-state index contributed by atoms with van der Waals surface area (Å²) in [5, 5.41) is 12.9. The minimum Gasteiger partial charge on any atom is -0.440 e. The van der Waals surface area contributed by atoms with E-state index in [0.29, 0.717) is 5.22 Å². The normalized spacial score (nSPS) is 16.7. The second kappa shape index (κ2) is 5.19. The zero-order valence-electron chi connectivity index (χ0n) is 9.15. The average molecular weight is 225 g/mol. The van der Waals surface area contributed by atoms with E-state index >= 15 is 0 Å². The van der Waals surface area contributed by atoms with E-state index in [-0.39, 0.29) is 5.25 Å². The molecule has 82 valence electrons. The molecule has 15 heavy (non-hydrogen) atoms. The molecule has 0 amide bonds. The Balaban J connectivity index is 2.49. The molecule has 0 radical (unpaired) electrons. The van der Waals surface area contributed by atoms with Gasteiger partial charge in [-0.15, -0.1) is 0 Å². The fourth-order valence-corrected chi connectivity index (χ4v) is 2.25. The average Bonchev–Trinajstić information content (AvgIpc) is 2.70. The molecule has 0 aliphatic carbocycles. The fraction of sp³-hybridized carbons (Fsp3) is 0.600. The van der Waals surface area contributed by atoms with Crippen LogP contribution < -0.4 is 5.32 Å². The molecule has 0 bridgehead atoms. The summed E-state index contributed by atoms with van der Waals surface area (Å²) in [6, 6.07) is 2.26. The van der Waals surface area contributed by atoms with E-state index in [9.17, 15) is 0 Å². The molecule has 0 saturated heterocycles. The van der Waals surface area contributed by atoms with E-state index in [2.05, 4.69) is 23.3 Å². The largest absolute Gasteiger partial charge is 0.440 e. The summed E-state index contributed by atoms with van der Waals surface area (Å²) in [6.45, 7) is 3.95. The number of thioether (sulfide) groups is 1. The molecule has 5 heteroatoms. The number of nitrogens with zero attached hydrogens (tertiary/aromatic N) is 2. The van der Waals surface area contributed by atoms with Gasteiger partial charge >= 0.3 is 0 Å². The van der Waals surface area contributed by atoms with Crippen LogP contribution in [0.2, 0.25) is 0 Å². The molecular weight excluding hydrogens is 210 g/mol. The van der Waals surface area contributed by atoms with E-state index < -0.39 is 5.54 Å². The zero-order valence-corrected chi connectivity index (χ0v) is 9.97. The molecule has 2 unspecified atom stereocenters. The lowest BCUT2D eigenvalue weighted by atomic mass is 9.98. The maximum atomic E-state index is 9.00. The number of nitrogens with one attached hydrogen (secondary N) is 1. The molecule has 0 spiro atoms. The summed E-state index contributed by atoms with van der Waals surface area (Å²) >= 11 is 1.54. The lowest BCUT2D eigenvalue weighted by molar-refractivity contribution is 0.440. The van der Waals surface area contributed by atoms with Crippen LogP contribution in [0.1, 0.15) is 20.3 Å². The summed E-state index contributed by atoms with van der Waals surface area (Å²) < 4.78 is 5.13. The topological polar surface area (TPSA) is 61.9 Å². The van der Waals surface area contributed by atoms with Gasteiger partial charge in [-0.25, -0.2) is 4.98 Å². The fourth-order valence-electron chi connectivity index (χ4n) is 1.26. The van der Waals surface area contributed by atoms with Crippen molar-refractivity contribution in [3.63, 3.8) is 0 Å². The molecule has 0 aromatic carbocycles. The van der Waals surface area contributed by atoms with Gasteiger partial charge < -0.3 is 9.73 Å². The highest BCUT2D eigenvalue weighted by atomic mass is 32.2. The van der Waals surface area contributed by atoms with E-state index in [4.69, 9.17) is 9.68 Å². The SMILES string of the molecule is CNC(C)(C#N)CC(C)Sc1ncco1. The number of aromatic nitrogens is 1. The lowest BCUT2D eigenvalue weighted by Gasteiger charge is -2.23. The summed E-state index contributed by atoms with van der Waals surface area (Å²) in [6.07, 6.45) is 3.92. The van der Waals surface area contributed by atoms with Crippen LogP contribution in [0.3, 0.4) is 0 Å². The Morgan fingerprint density at radius 3 is 3.00 bits per heavy atom. The Bertz CT molecular complexity index is 333. The number of rotatable bonds is 5. The van der Waals surface area contributed by atoms with Crippen molar-refractivity contribution in [3.8, 4) is 6.07 Å². The maximum absolute atomic E-state index is 9.00. The van der Waals surface area contributed by atoms with Crippen molar-refractivity contribution >= 4 is 11.8 Å². The second-order valence-electron chi connectivity index (χ2n) is 3.62. The monoisotopic (exact) mass is 225 g/mol. The molecule has 0 saturated carbocycles. The first-order chi connectivity index (χ1) is 7.09. The van der Waals surface area contributed by atoms with Gasteiger partial charge in [-0.2, -0.15) is 5.26 Å². The molecule has 4 nitrogen and oxygen atoms in total. The summed E-state index contributed by atoms with van der Waals surface area (Å²) in [5.74, 6) is 0. The predicted molar refractivity (Wildman–Crippen MR) is 59.5 cm³/mol. The van der Waals surface area contributed by atoms with Crippen LogP contribution in [0.25, 0.3) is 0 Å². The van der Waals surface area contributed by atoms with Gasteiger partial charge in [0.1, 0.15) is 11.8 Å². The van der Waals surface area contributed by atoms with Gasteiger partial charge in [0.15, 0.2) is 0 Å². The van der Waals surface area contributed by atoms with Gasteiger partial charge in [0.25, 0.3) is 5.22 Å². The van der Waals surface area contributed by atoms with E-state index in [1.807, 2.05) is 6.92 Å². The molecule has 0 aliphatic heterocycles. The van der Waals surface area contributed by atoms with Gasteiger partial charge in [0.05, 0.1) is 12.3 Å². The Morgan fingerprint density at radius 1 is 1.80 bits per heavy atom. The zero-order chi connectivity index (χ0) is 11.3. The molecule has 1 heterocycles. The summed E-state index contributed by atoms with van der Waals surface area (Å²) in [7, 11) is 1.80. The van der Waals surface area contributed by atoms with Crippen LogP contribution >= 0.6 is 11.8 Å². The first kappa shape index (κ1) is 12.1. The minimum absolute atomic E-state index is 0.278. The Morgan fingerprint density at radius 2 is 2.53 bits per heavy atom. The van der Waals surface area contributed by atoms with Crippen LogP contribution in [0, 0.1) is 11.3 Å². The van der Waals surface area contributed by atoms with Crippen LogP contribution in [0.5, 0.6) is 0 Å². The number of hydrogen-bond donors (Lipinski definition) is 1. The van der Waals surface area contributed by atoms with Crippen molar-refractivity contribution in [2.75, 3.05) is 7.05 Å². The smallest absolute Gasteiger partial charge is 0.255 e. The van der Waals surface area contributed by atoms with Crippen molar-refractivity contribution in [1.29, 1.82) is 5.26 Å². The third-order valence-corrected chi connectivity index (χ3v) is 3.18. The van der Waals surface area contributed by atoms with Gasteiger partial charge in [0, 0.05) is 5.25 Å². The molecule has 0 aliphatic rings. The summed E-state index contributed by atoms with van der Waals surface area (Å²) in [4.78, 5) is 4.03. The molecular formula is C10H15N3OS. The number of nitriles is 1. The third-order valence-electron chi connectivity index (χ3n) is 2.21. The van der Waals surface area contributed by atoms with E-state index in [0.717, 1.165) is 6.42 Å². The predicted octanol–water partition coefficient (Wildman–Crippen LogP) is 2.05. The number of hydrogen-bond acceptors (Lipinski definition) is 5. The molecule has 0 fully saturated rings. The minimum atomic E-state index is -0.487. The molecule has 2 atom stereocenters. The van der Waals surface area contributed by atoms with E-state index in [1.54, 1.807) is 19.5 Å². The highest BCUT2D eigenvalue weighted by Gasteiger charge is 2.25. The molecule has 1 rings (SSSR count). The molecule has 1 N–H and O–H groups in total. The van der Waals surface area contributed by atoms with Gasteiger partial charge in [0.2, 0.25) is 0 Å². The second-order valence-corrected chi connectivity index (χ2v) is 5.01. The highest BCUT2D eigenvalue weighted by molar-refractivity contribution is 7.99. The van der Waals surface area contributed by atoms with Crippen molar-refractivity contribution in [2.24, 2.45) is 0 Å². The van der Waals surface area contributed by atoms with Gasteiger partial charge in [-0.05, 0) is 20.4 Å². The standard InChI is InChI=1S/C10H15N3OS/c1-8(6-10(2,7-11)12-3)15-9-13-4-5-14-9/h4-5,8,12H,6H2,1-3H3.